The second kappa shape index (κ2) is 6.15. The van der Waals surface area contributed by atoms with E-state index in [2.05, 4.69) is 25.2 Å². The fraction of sp³-hybridized carbons (Fsp3) is 0.625. The van der Waals surface area contributed by atoms with Gasteiger partial charge in [-0.1, -0.05) is 31.9 Å². The summed E-state index contributed by atoms with van der Waals surface area (Å²) in [7, 11) is 1.74. The molecule has 1 saturated carbocycles. The van der Waals surface area contributed by atoms with Crippen LogP contribution in [0, 0.1) is 5.92 Å². The summed E-state index contributed by atoms with van der Waals surface area (Å²) in [6, 6.07) is 6.00. The molecule has 0 radical (unpaired) electrons. The maximum Gasteiger partial charge on any atom is 0.122 e. The van der Waals surface area contributed by atoms with Crippen molar-refractivity contribution in [1.29, 1.82) is 0 Å². The number of halogens is 1. The molecule has 1 N–H and O–H groups in total. The largest absolute Gasteiger partial charge is 0.496 e. The highest BCUT2D eigenvalue weighted by atomic mass is 35.5. The molecule has 0 aliphatic heterocycles. The third-order valence-corrected chi connectivity index (χ3v) is 4.83. The Morgan fingerprint density at radius 3 is 2.84 bits per heavy atom. The van der Waals surface area contributed by atoms with Crippen LogP contribution >= 0.6 is 11.6 Å². The number of nitrogens with one attached hydrogen (secondary N) is 1. The molecule has 2 nitrogen and oxygen atoms in total. The summed E-state index contributed by atoms with van der Waals surface area (Å²) in [5.41, 5.74) is 1.43. The molecule has 1 aromatic carbocycles. The molecule has 19 heavy (non-hydrogen) atoms. The Balaban J connectivity index is 2.46. The molecule has 0 aromatic heterocycles. The summed E-state index contributed by atoms with van der Waals surface area (Å²) in [5, 5.41) is 4.33. The van der Waals surface area contributed by atoms with Gasteiger partial charge >= 0.3 is 0 Å². The van der Waals surface area contributed by atoms with Gasteiger partial charge in [0.2, 0.25) is 0 Å². The van der Waals surface area contributed by atoms with Gasteiger partial charge in [0.05, 0.1) is 7.11 Å². The van der Waals surface area contributed by atoms with Crippen molar-refractivity contribution in [3.05, 3.63) is 28.8 Å². The van der Waals surface area contributed by atoms with Crippen LogP contribution < -0.4 is 10.1 Å². The molecule has 0 saturated heterocycles. The van der Waals surface area contributed by atoms with E-state index in [0.717, 1.165) is 23.9 Å². The molecule has 0 heterocycles. The average molecular weight is 282 g/mol. The molecule has 1 aliphatic carbocycles. The zero-order valence-electron chi connectivity index (χ0n) is 12.1. The number of ether oxygens (including phenoxy) is 1. The number of benzene rings is 1. The van der Waals surface area contributed by atoms with Gasteiger partial charge in [0, 0.05) is 22.5 Å². The molecular formula is C16H24ClNO. The number of methoxy groups -OCH3 is 1. The molecule has 2 rings (SSSR count). The maximum atomic E-state index is 6.22. The molecule has 3 heteroatoms. The van der Waals surface area contributed by atoms with Crippen LogP contribution in [0.1, 0.15) is 38.7 Å². The number of hydrogen-bond acceptors (Lipinski definition) is 2. The average Bonchev–Trinajstić information content (AvgIpc) is 2.78. The molecular weight excluding hydrogens is 258 g/mol. The molecule has 1 aromatic rings. The monoisotopic (exact) mass is 281 g/mol. The van der Waals surface area contributed by atoms with Crippen LogP contribution in [0.5, 0.6) is 5.75 Å². The van der Waals surface area contributed by atoms with E-state index in [-0.39, 0.29) is 5.41 Å². The second-order valence-corrected chi connectivity index (χ2v) is 6.01. The molecule has 1 aliphatic rings. The van der Waals surface area contributed by atoms with Crippen molar-refractivity contribution in [3.63, 3.8) is 0 Å². The Hall–Kier alpha value is -0.730. The van der Waals surface area contributed by atoms with Gasteiger partial charge in [0.1, 0.15) is 5.75 Å². The van der Waals surface area contributed by atoms with Crippen LogP contribution in [0.4, 0.5) is 0 Å². The van der Waals surface area contributed by atoms with Crippen LogP contribution in [0.2, 0.25) is 5.02 Å². The molecule has 2 unspecified atom stereocenters. The Morgan fingerprint density at radius 2 is 2.26 bits per heavy atom. The highest BCUT2D eigenvalue weighted by molar-refractivity contribution is 6.30. The van der Waals surface area contributed by atoms with E-state index in [4.69, 9.17) is 16.3 Å². The zero-order valence-corrected chi connectivity index (χ0v) is 12.9. The van der Waals surface area contributed by atoms with Crippen molar-refractivity contribution >= 4 is 11.6 Å². The van der Waals surface area contributed by atoms with Gasteiger partial charge in [-0.2, -0.15) is 0 Å². The summed E-state index contributed by atoms with van der Waals surface area (Å²) < 4.78 is 5.58. The van der Waals surface area contributed by atoms with Gasteiger partial charge in [-0.3, -0.25) is 0 Å². The summed E-state index contributed by atoms with van der Waals surface area (Å²) in [6.07, 6.45) is 3.77. The maximum absolute atomic E-state index is 6.22. The van der Waals surface area contributed by atoms with Crippen LogP contribution in [0.15, 0.2) is 18.2 Å². The quantitative estimate of drug-likeness (QED) is 0.880. The lowest BCUT2D eigenvalue weighted by molar-refractivity contribution is 0.303. The Labute approximate surface area is 121 Å². The fourth-order valence-corrected chi connectivity index (χ4v) is 3.59. The van der Waals surface area contributed by atoms with Crippen molar-refractivity contribution < 1.29 is 4.74 Å². The molecule has 0 spiro atoms. The molecule has 2 atom stereocenters. The van der Waals surface area contributed by atoms with Crippen molar-refractivity contribution in [2.24, 2.45) is 5.92 Å². The van der Waals surface area contributed by atoms with Crippen LogP contribution in [-0.4, -0.2) is 20.2 Å². The lowest BCUT2D eigenvalue weighted by Gasteiger charge is -2.36. The van der Waals surface area contributed by atoms with Gasteiger partial charge in [-0.15, -0.1) is 0 Å². The van der Waals surface area contributed by atoms with Gasteiger partial charge in [-0.05, 0) is 43.5 Å². The third kappa shape index (κ3) is 2.75. The van der Waals surface area contributed by atoms with E-state index in [1.165, 1.54) is 24.8 Å². The normalized spacial score (nSPS) is 26.6. The van der Waals surface area contributed by atoms with E-state index in [0.29, 0.717) is 5.92 Å². The SMILES string of the molecule is CCNCC1(c2cc(Cl)ccc2OC)CCCC1C. The van der Waals surface area contributed by atoms with Crippen LogP contribution in [0.25, 0.3) is 0 Å². The predicted octanol–water partition coefficient (Wildman–Crippen LogP) is 4.02. The fourth-order valence-electron chi connectivity index (χ4n) is 3.42. The molecule has 106 valence electrons. The zero-order chi connectivity index (χ0) is 13.9. The highest BCUT2D eigenvalue weighted by Gasteiger charge is 2.43. The van der Waals surface area contributed by atoms with E-state index < -0.39 is 0 Å². The van der Waals surface area contributed by atoms with E-state index in [1.807, 2.05) is 12.1 Å². The first-order valence-electron chi connectivity index (χ1n) is 7.18. The Bertz CT molecular complexity index is 435. The first-order valence-corrected chi connectivity index (χ1v) is 7.56. The van der Waals surface area contributed by atoms with E-state index in [1.54, 1.807) is 7.11 Å². The summed E-state index contributed by atoms with van der Waals surface area (Å²) in [4.78, 5) is 0. The van der Waals surface area contributed by atoms with Crippen molar-refractivity contribution in [3.8, 4) is 5.75 Å². The van der Waals surface area contributed by atoms with Crippen LogP contribution in [-0.2, 0) is 5.41 Å². The van der Waals surface area contributed by atoms with Gasteiger partial charge < -0.3 is 10.1 Å². The van der Waals surface area contributed by atoms with Gasteiger partial charge in [-0.25, -0.2) is 0 Å². The van der Waals surface area contributed by atoms with E-state index in [9.17, 15) is 0 Å². The minimum atomic E-state index is 0.159. The lowest BCUT2D eigenvalue weighted by atomic mass is 9.72. The standard InChI is InChI=1S/C16H24ClNO/c1-4-18-11-16(9-5-6-12(16)2)14-10-13(17)7-8-15(14)19-3/h7-8,10,12,18H,4-6,9,11H2,1-3H3. The minimum absolute atomic E-state index is 0.159. The Kier molecular flexibility index (Phi) is 4.75. The predicted molar refractivity (Wildman–Crippen MR) is 81.2 cm³/mol. The topological polar surface area (TPSA) is 21.3 Å². The second-order valence-electron chi connectivity index (χ2n) is 5.57. The number of hydrogen-bond donors (Lipinski definition) is 1. The first-order chi connectivity index (χ1) is 9.14. The Morgan fingerprint density at radius 1 is 1.47 bits per heavy atom. The van der Waals surface area contributed by atoms with Gasteiger partial charge in [0.15, 0.2) is 0 Å². The van der Waals surface area contributed by atoms with E-state index >= 15 is 0 Å². The summed E-state index contributed by atoms with van der Waals surface area (Å²) in [6.45, 7) is 6.51. The van der Waals surface area contributed by atoms with Gasteiger partial charge in [0.25, 0.3) is 0 Å². The first kappa shape index (κ1) is 14.7. The smallest absolute Gasteiger partial charge is 0.122 e. The highest BCUT2D eigenvalue weighted by Crippen LogP contribution is 2.48. The van der Waals surface area contributed by atoms with Crippen LogP contribution in [0.3, 0.4) is 0 Å². The lowest BCUT2D eigenvalue weighted by Crippen LogP contribution is -2.40. The van der Waals surface area contributed by atoms with Crippen molar-refractivity contribution in [2.45, 2.75) is 38.5 Å². The number of likely N-dealkylation sites (N-methyl/N-ethyl adjacent to an activating group) is 1. The van der Waals surface area contributed by atoms with Crippen molar-refractivity contribution in [1.82, 2.24) is 5.32 Å². The number of rotatable bonds is 5. The molecule has 0 bridgehead atoms. The molecule has 1 fully saturated rings. The minimum Gasteiger partial charge on any atom is -0.496 e. The molecule has 0 amide bonds. The third-order valence-electron chi connectivity index (χ3n) is 4.59. The van der Waals surface area contributed by atoms with Crippen molar-refractivity contribution in [2.75, 3.05) is 20.2 Å². The summed E-state index contributed by atoms with van der Waals surface area (Å²) >= 11 is 6.22. The summed E-state index contributed by atoms with van der Waals surface area (Å²) in [5.74, 6) is 1.62.